The zero-order valence-electron chi connectivity index (χ0n) is 5.60. The van der Waals surface area contributed by atoms with Crippen molar-refractivity contribution in [1.29, 1.82) is 0 Å². The summed E-state index contributed by atoms with van der Waals surface area (Å²) in [5.74, 6) is -0.648. The Balaban J connectivity index is 4.27. The third kappa shape index (κ3) is 1.88. The van der Waals surface area contributed by atoms with Gasteiger partial charge in [-0.15, -0.1) is 0 Å². The lowest BCUT2D eigenvalue weighted by molar-refractivity contribution is -0.678. The van der Waals surface area contributed by atoms with Gasteiger partial charge in [-0.1, -0.05) is 13.8 Å². The highest BCUT2D eigenvalue weighted by Gasteiger charge is 2.22. The first-order chi connectivity index (χ1) is 4.46. The maximum absolute atomic E-state index is 9.91. The van der Waals surface area contributed by atoms with Crippen LogP contribution in [0, 0.1) is 32.3 Å². The van der Waals surface area contributed by atoms with E-state index in [2.05, 4.69) is 0 Å². The number of nitrogens with zero attached hydrogens (tertiary/aromatic N) is 2. The lowest BCUT2D eigenvalue weighted by atomic mass is 10.2. The first kappa shape index (κ1) is 8.67. The maximum Gasteiger partial charge on any atom is 0.266 e. The molecule has 0 aromatic carbocycles. The van der Waals surface area contributed by atoms with Gasteiger partial charge >= 0.3 is 0 Å². The molecule has 0 aliphatic carbocycles. The van der Waals surface area contributed by atoms with E-state index in [0.29, 0.717) is 0 Å². The standard InChI is InChI=1S/C4H7N2O4/c1-3(2)4(5(7)8)6(9)10/h3H,1-2H3/q-1. The molecule has 0 aromatic rings. The van der Waals surface area contributed by atoms with Gasteiger partial charge in [0.25, 0.3) is 6.17 Å². The lowest BCUT2D eigenvalue weighted by Gasteiger charge is -2.14. The molecule has 0 aliphatic rings. The Bertz CT molecular complexity index is 141. The van der Waals surface area contributed by atoms with Crippen LogP contribution in [0.15, 0.2) is 0 Å². The summed E-state index contributed by atoms with van der Waals surface area (Å²) in [5, 5.41) is 19.8. The summed E-state index contributed by atoms with van der Waals surface area (Å²) in [5.41, 5.74) is 0. The molecule has 0 fully saturated rings. The van der Waals surface area contributed by atoms with E-state index < -0.39 is 21.9 Å². The number of rotatable bonds is 3. The highest BCUT2D eigenvalue weighted by molar-refractivity contribution is 4.65. The molecular formula is C4H7N2O4-. The highest BCUT2D eigenvalue weighted by Crippen LogP contribution is 2.13. The van der Waals surface area contributed by atoms with Crippen molar-refractivity contribution in [1.82, 2.24) is 0 Å². The van der Waals surface area contributed by atoms with E-state index in [-0.39, 0.29) is 0 Å². The predicted octanol–water partition coefficient (Wildman–Crippen LogP) is 0.685. The van der Waals surface area contributed by atoms with Crippen molar-refractivity contribution >= 4 is 0 Å². The van der Waals surface area contributed by atoms with E-state index in [9.17, 15) is 20.2 Å². The largest absolute Gasteiger partial charge is 0.289 e. The molecule has 0 atom stereocenters. The van der Waals surface area contributed by atoms with E-state index in [1.165, 1.54) is 13.8 Å². The van der Waals surface area contributed by atoms with Gasteiger partial charge in [0.05, 0.1) is 0 Å². The third-order valence-corrected chi connectivity index (χ3v) is 0.891. The fourth-order valence-electron chi connectivity index (χ4n) is 0.488. The molecule has 58 valence electrons. The Morgan fingerprint density at radius 1 is 1.20 bits per heavy atom. The van der Waals surface area contributed by atoms with Crippen molar-refractivity contribution < 1.29 is 9.85 Å². The first-order valence-electron chi connectivity index (χ1n) is 2.62. The molecule has 10 heavy (non-hydrogen) atoms. The molecule has 0 N–H and O–H groups in total. The molecule has 0 heterocycles. The van der Waals surface area contributed by atoms with Crippen molar-refractivity contribution in [3.63, 3.8) is 0 Å². The van der Waals surface area contributed by atoms with Crippen LogP contribution in [-0.2, 0) is 0 Å². The smallest absolute Gasteiger partial charge is 0.266 e. The van der Waals surface area contributed by atoms with Gasteiger partial charge in [-0.3, -0.25) is 20.2 Å². The number of hydrogen-bond donors (Lipinski definition) is 0. The minimum absolute atomic E-state index is 0.648. The first-order valence-corrected chi connectivity index (χ1v) is 2.62. The molecule has 0 aliphatic heterocycles. The predicted molar refractivity (Wildman–Crippen MR) is 32.1 cm³/mol. The average molecular weight is 147 g/mol. The monoisotopic (exact) mass is 147 g/mol. The second kappa shape index (κ2) is 3.00. The van der Waals surface area contributed by atoms with Crippen LogP contribution in [0.1, 0.15) is 13.8 Å². The summed E-state index contributed by atoms with van der Waals surface area (Å²) in [7, 11) is 0. The van der Waals surface area contributed by atoms with Crippen molar-refractivity contribution in [2.75, 3.05) is 0 Å². The normalized spacial score (nSPS) is 9.50. The van der Waals surface area contributed by atoms with Crippen molar-refractivity contribution in [3.05, 3.63) is 26.4 Å². The number of nitro groups is 2. The molecule has 6 heteroatoms. The summed E-state index contributed by atoms with van der Waals surface area (Å²) in [6.07, 6.45) is -0.861. The van der Waals surface area contributed by atoms with Gasteiger partial charge in [0.1, 0.15) is 0 Å². The zero-order chi connectivity index (χ0) is 8.31. The lowest BCUT2D eigenvalue weighted by Crippen LogP contribution is -2.24. The topological polar surface area (TPSA) is 86.3 Å². The quantitative estimate of drug-likeness (QED) is 0.333. The second-order valence-electron chi connectivity index (χ2n) is 2.03. The molecular weight excluding hydrogens is 140 g/mol. The molecule has 0 rings (SSSR count). The van der Waals surface area contributed by atoms with Crippen LogP contribution in [0.4, 0.5) is 0 Å². The van der Waals surface area contributed by atoms with Crippen LogP contribution in [0.2, 0.25) is 0 Å². The van der Waals surface area contributed by atoms with Crippen LogP contribution >= 0.6 is 0 Å². The van der Waals surface area contributed by atoms with E-state index in [0.717, 1.165) is 0 Å². The zero-order valence-corrected chi connectivity index (χ0v) is 5.60. The van der Waals surface area contributed by atoms with Crippen LogP contribution in [0.5, 0.6) is 0 Å². The summed E-state index contributed by atoms with van der Waals surface area (Å²) < 4.78 is 0. The van der Waals surface area contributed by atoms with Crippen molar-refractivity contribution in [2.45, 2.75) is 13.8 Å². The summed E-state index contributed by atoms with van der Waals surface area (Å²) in [6, 6.07) is 0. The fourth-order valence-corrected chi connectivity index (χ4v) is 0.488. The molecule has 0 bridgehead atoms. The molecule has 0 unspecified atom stereocenters. The van der Waals surface area contributed by atoms with E-state index in [1.807, 2.05) is 0 Å². The minimum atomic E-state index is -0.968. The molecule has 6 nitrogen and oxygen atoms in total. The molecule has 0 amide bonds. The summed E-state index contributed by atoms with van der Waals surface area (Å²) >= 11 is 0. The van der Waals surface area contributed by atoms with Gasteiger partial charge in [0, 0.05) is 0 Å². The van der Waals surface area contributed by atoms with Crippen LogP contribution in [0.3, 0.4) is 0 Å². The van der Waals surface area contributed by atoms with Crippen LogP contribution < -0.4 is 0 Å². The van der Waals surface area contributed by atoms with Crippen molar-refractivity contribution in [2.24, 2.45) is 5.92 Å². The molecule has 0 radical (unpaired) electrons. The van der Waals surface area contributed by atoms with E-state index in [4.69, 9.17) is 0 Å². The maximum atomic E-state index is 9.91. The summed E-state index contributed by atoms with van der Waals surface area (Å²) in [4.78, 5) is 17.9. The SMILES string of the molecule is CC(C)[C-]([N+](=O)[O-])[N+](=O)[O-]. The van der Waals surface area contributed by atoms with E-state index >= 15 is 0 Å². The van der Waals surface area contributed by atoms with Crippen molar-refractivity contribution in [3.8, 4) is 0 Å². The second-order valence-corrected chi connectivity index (χ2v) is 2.03. The molecule has 0 spiro atoms. The van der Waals surface area contributed by atoms with E-state index in [1.54, 1.807) is 0 Å². The fraction of sp³-hybridized carbons (Fsp3) is 0.750. The Hall–Kier alpha value is -1.33. The Morgan fingerprint density at radius 2 is 1.50 bits per heavy atom. The van der Waals surface area contributed by atoms with Gasteiger partial charge in [0.2, 0.25) is 0 Å². The third-order valence-electron chi connectivity index (χ3n) is 0.891. The highest BCUT2D eigenvalue weighted by atomic mass is 16.7. The van der Waals surface area contributed by atoms with Crippen LogP contribution in [-0.4, -0.2) is 9.85 Å². The minimum Gasteiger partial charge on any atom is -0.289 e. The number of hydrogen-bond acceptors (Lipinski definition) is 4. The average Bonchev–Trinajstić information content (AvgIpc) is 1.59. The molecule has 0 aromatic heterocycles. The Labute approximate surface area is 57.1 Å². The Morgan fingerprint density at radius 3 is 1.50 bits per heavy atom. The summed E-state index contributed by atoms with van der Waals surface area (Å²) in [6.45, 7) is 2.81. The Kier molecular flexibility index (Phi) is 2.60. The van der Waals surface area contributed by atoms with Crippen LogP contribution in [0.25, 0.3) is 0 Å². The van der Waals surface area contributed by atoms with Gasteiger partial charge < -0.3 is 0 Å². The molecule has 0 saturated heterocycles. The van der Waals surface area contributed by atoms with Gasteiger partial charge in [-0.25, -0.2) is 0 Å². The van der Waals surface area contributed by atoms with Gasteiger partial charge in [-0.05, 0) is 15.8 Å². The van der Waals surface area contributed by atoms with Gasteiger partial charge in [0.15, 0.2) is 0 Å². The molecule has 0 saturated carbocycles. The van der Waals surface area contributed by atoms with Gasteiger partial charge in [-0.2, -0.15) is 0 Å².